The van der Waals surface area contributed by atoms with Crippen LogP contribution < -0.4 is 5.73 Å². The maximum absolute atomic E-state index is 6.35. The Kier molecular flexibility index (Phi) is 4.30. The molecule has 20 heavy (non-hydrogen) atoms. The zero-order valence-electron chi connectivity index (χ0n) is 14.4. The third-order valence-electron chi connectivity index (χ3n) is 5.05. The molecular weight excluding hydrogens is 264 g/mol. The summed E-state index contributed by atoms with van der Waals surface area (Å²) in [6.45, 7) is 17.7. The van der Waals surface area contributed by atoms with Crippen LogP contribution in [0.5, 0.6) is 0 Å². The SMILES string of the molecule is CC1(C)CC(C)(C)CC(CN)(N2CCSC(C)(C)C2)C1. The Bertz CT molecular complexity index is 344. The molecule has 2 nitrogen and oxygen atoms in total. The second-order valence-corrected chi connectivity index (χ2v) is 11.1. The van der Waals surface area contributed by atoms with Gasteiger partial charge in [0, 0.05) is 35.7 Å². The Morgan fingerprint density at radius 2 is 1.50 bits per heavy atom. The van der Waals surface area contributed by atoms with Gasteiger partial charge in [-0.1, -0.05) is 27.7 Å². The molecule has 0 atom stereocenters. The fourth-order valence-electron chi connectivity index (χ4n) is 5.18. The molecule has 2 aliphatic rings. The summed E-state index contributed by atoms with van der Waals surface area (Å²) in [5.41, 5.74) is 7.36. The smallest absolute Gasteiger partial charge is 0.0342 e. The molecule has 1 saturated heterocycles. The minimum Gasteiger partial charge on any atom is -0.329 e. The molecule has 1 heterocycles. The number of nitrogens with zero attached hydrogens (tertiary/aromatic N) is 1. The van der Waals surface area contributed by atoms with E-state index in [0.29, 0.717) is 15.6 Å². The van der Waals surface area contributed by atoms with Crippen LogP contribution >= 0.6 is 11.8 Å². The highest BCUT2D eigenvalue weighted by Crippen LogP contribution is 2.52. The topological polar surface area (TPSA) is 29.3 Å². The maximum atomic E-state index is 6.35. The largest absolute Gasteiger partial charge is 0.329 e. The van der Waals surface area contributed by atoms with E-state index in [1.165, 1.54) is 38.1 Å². The standard InChI is InChI=1S/C17H34N2S/c1-14(2)9-15(3,4)11-17(10-14,12-18)19-7-8-20-16(5,6)13-19/h7-13,18H2,1-6H3. The summed E-state index contributed by atoms with van der Waals surface area (Å²) >= 11 is 2.11. The molecule has 0 spiro atoms. The third kappa shape index (κ3) is 3.53. The number of thioether (sulfide) groups is 1. The Labute approximate surface area is 130 Å². The second kappa shape index (κ2) is 5.17. The quantitative estimate of drug-likeness (QED) is 0.842. The van der Waals surface area contributed by atoms with Gasteiger partial charge in [-0.05, 0) is 43.9 Å². The highest BCUT2D eigenvalue weighted by Gasteiger charge is 2.50. The van der Waals surface area contributed by atoms with Crippen molar-refractivity contribution >= 4 is 11.8 Å². The van der Waals surface area contributed by atoms with E-state index in [9.17, 15) is 0 Å². The Balaban J connectivity index is 2.28. The van der Waals surface area contributed by atoms with Crippen LogP contribution in [0.15, 0.2) is 0 Å². The molecule has 1 saturated carbocycles. The summed E-state index contributed by atoms with van der Waals surface area (Å²) in [6.07, 6.45) is 3.81. The molecule has 0 aromatic rings. The zero-order valence-corrected chi connectivity index (χ0v) is 15.2. The van der Waals surface area contributed by atoms with Gasteiger partial charge in [-0.25, -0.2) is 0 Å². The van der Waals surface area contributed by atoms with E-state index in [-0.39, 0.29) is 5.54 Å². The van der Waals surface area contributed by atoms with Crippen LogP contribution in [0.25, 0.3) is 0 Å². The number of rotatable bonds is 2. The summed E-state index contributed by atoms with van der Waals surface area (Å²) in [7, 11) is 0. The summed E-state index contributed by atoms with van der Waals surface area (Å²) < 4.78 is 0.367. The van der Waals surface area contributed by atoms with E-state index < -0.39 is 0 Å². The van der Waals surface area contributed by atoms with Gasteiger partial charge >= 0.3 is 0 Å². The first-order chi connectivity index (χ1) is 8.99. The molecule has 0 aromatic heterocycles. The average Bonchev–Trinajstić information content (AvgIpc) is 2.23. The Morgan fingerprint density at radius 3 is 1.95 bits per heavy atom. The van der Waals surface area contributed by atoms with Crippen molar-refractivity contribution in [3.05, 3.63) is 0 Å². The summed E-state index contributed by atoms with van der Waals surface area (Å²) in [5.74, 6) is 1.25. The third-order valence-corrected chi connectivity index (χ3v) is 6.35. The fourth-order valence-corrected chi connectivity index (χ4v) is 6.29. The van der Waals surface area contributed by atoms with Gasteiger partial charge < -0.3 is 5.73 Å². The molecule has 2 rings (SSSR count). The number of nitrogens with two attached hydrogens (primary N) is 1. The first kappa shape index (κ1) is 16.6. The molecular formula is C17H34N2S. The normalized spacial score (nSPS) is 31.9. The fraction of sp³-hybridized carbons (Fsp3) is 1.00. The van der Waals surface area contributed by atoms with E-state index in [4.69, 9.17) is 5.73 Å². The van der Waals surface area contributed by atoms with Gasteiger partial charge in [0.2, 0.25) is 0 Å². The van der Waals surface area contributed by atoms with Crippen molar-refractivity contribution in [2.75, 3.05) is 25.4 Å². The first-order valence-electron chi connectivity index (χ1n) is 8.09. The predicted molar refractivity (Wildman–Crippen MR) is 91.3 cm³/mol. The molecule has 1 aliphatic heterocycles. The highest BCUT2D eigenvalue weighted by atomic mass is 32.2. The van der Waals surface area contributed by atoms with Gasteiger partial charge in [0.05, 0.1) is 0 Å². The maximum Gasteiger partial charge on any atom is 0.0342 e. The molecule has 2 N–H and O–H groups in total. The monoisotopic (exact) mass is 298 g/mol. The number of hydrogen-bond acceptors (Lipinski definition) is 3. The highest BCUT2D eigenvalue weighted by molar-refractivity contribution is 8.00. The van der Waals surface area contributed by atoms with Gasteiger partial charge in [-0.3, -0.25) is 4.90 Å². The molecule has 0 aromatic carbocycles. The van der Waals surface area contributed by atoms with Crippen molar-refractivity contribution in [2.24, 2.45) is 16.6 Å². The van der Waals surface area contributed by atoms with Gasteiger partial charge in [-0.2, -0.15) is 11.8 Å². The Hall–Kier alpha value is 0.270. The van der Waals surface area contributed by atoms with Gasteiger partial charge in [0.15, 0.2) is 0 Å². The van der Waals surface area contributed by atoms with Crippen molar-refractivity contribution in [1.82, 2.24) is 4.90 Å². The van der Waals surface area contributed by atoms with Crippen LogP contribution in [0, 0.1) is 10.8 Å². The summed E-state index contributed by atoms with van der Waals surface area (Å²) in [5, 5.41) is 0. The van der Waals surface area contributed by atoms with Crippen molar-refractivity contribution in [1.29, 1.82) is 0 Å². The summed E-state index contributed by atoms with van der Waals surface area (Å²) in [6, 6.07) is 0. The zero-order chi connectivity index (χ0) is 15.2. The van der Waals surface area contributed by atoms with Crippen molar-refractivity contribution in [3.8, 4) is 0 Å². The molecule has 0 unspecified atom stereocenters. The second-order valence-electron chi connectivity index (χ2n) is 9.32. The number of hydrogen-bond donors (Lipinski definition) is 1. The first-order valence-corrected chi connectivity index (χ1v) is 9.07. The van der Waals surface area contributed by atoms with Crippen LogP contribution in [0.1, 0.15) is 60.8 Å². The van der Waals surface area contributed by atoms with Crippen LogP contribution in [-0.2, 0) is 0 Å². The van der Waals surface area contributed by atoms with Crippen LogP contribution in [0.2, 0.25) is 0 Å². The molecule has 0 bridgehead atoms. The van der Waals surface area contributed by atoms with E-state index in [1.807, 2.05) is 0 Å². The lowest BCUT2D eigenvalue weighted by Gasteiger charge is -2.58. The summed E-state index contributed by atoms with van der Waals surface area (Å²) in [4.78, 5) is 2.74. The van der Waals surface area contributed by atoms with Crippen molar-refractivity contribution in [3.63, 3.8) is 0 Å². The molecule has 1 aliphatic carbocycles. The lowest BCUT2D eigenvalue weighted by atomic mass is 9.57. The lowest BCUT2D eigenvalue weighted by molar-refractivity contribution is -0.0453. The van der Waals surface area contributed by atoms with Crippen molar-refractivity contribution in [2.45, 2.75) is 71.1 Å². The molecule has 0 amide bonds. The van der Waals surface area contributed by atoms with Crippen LogP contribution in [-0.4, -0.2) is 40.6 Å². The van der Waals surface area contributed by atoms with E-state index in [0.717, 1.165) is 6.54 Å². The Morgan fingerprint density at radius 1 is 0.950 bits per heavy atom. The van der Waals surface area contributed by atoms with Crippen LogP contribution in [0.3, 0.4) is 0 Å². The lowest BCUT2D eigenvalue weighted by Crippen LogP contribution is -2.64. The van der Waals surface area contributed by atoms with Crippen LogP contribution in [0.4, 0.5) is 0 Å². The molecule has 118 valence electrons. The minimum absolute atomic E-state index is 0.212. The molecule has 3 heteroatoms. The van der Waals surface area contributed by atoms with Gasteiger partial charge in [-0.15, -0.1) is 0 Å². The van der Waals surface area contributed by atoms with Gasteiger partial charge in [0.1, 0.15) is 0 Å². The predicted octanol–water partition coefficient (Wildman–Crippen LogP) is 3.75. The van der Waals surface area contributed by atoms with E-state index >= 15 is 0 Å². The van der Waals surface area contributed by atoms with E-state index in [1.54, 1.807) is 0 Å². The molecule has 2 fully saturated rings. The van der Waals surface area contributed by atoms with Gasteiger partial charge in [0.25, 0.3) is 0 Å². The van der Waals surface area contributed by atoms with E-state index in [2.05, 4.69) is 58.2 Å². The minimum atomic E-state index is 0.212. The average molecular weight is 299 g/mol. The molecule has 0 radical (unpaired) electrons. The van der Waals surface area contributed by atoms with Crippen molar-refractivity contribution < 1.29 is 0 Å².